The Balaban J connectivity index is 1.38. The van der Waals surface area contributed by atoms with E-state index in [-0.39, 0.29) is 11.3 Å². The van der Waals surface area contributed by atoms with Gasteiger partial charge in [-0.05, 0) is 54.9 Å². The Bertz CT molecular complexity index is 1380. The summed E-state index contributed by atoms with van der Waals surface area (Å²) in [6, 6.07) is 16.4. The molecule has 1 aliphatic carbocycles. The summed E-state index contributed by atoms with van der Waals surface area (Å²) in [5.74, 6) is 12.8. The summed E-state index contributed by atoms with van der Waals surface area (Å²) in [5, 5.41) is 6.21. The zero-order chi connectivity index (χ0) is 29.3. The first-order chi connectivity index (χ1) is 19.9. The maximum atomic E-state index is 12.2. The highest BCUT2D eigenvalue weighted by Crippen LogP contribution is 2.22. The number of rotatable bonds is 11. The molecule has 3 rings (SSSR count). The van der Waals surface area contributed by atoms with Crippen LogP contribution in [-0.2, 0) is 30.7 Å². The SMILES string of the molecule is C=C(CCc1ccc(CN)cc1)NCC#CC1(C)/C=C\C=C(C#CCNC(=O)CCc2ccc(CN)cc2)C/C=C\1. The van der Waals surface area contributed by atoms with Crippen molar-refractivity contribution in [1.29, 1.82) is 0 Å². The molecule has 1 unspecified atom stereocenters. The minimum atomic E-state index is -0.345. The number of nitrogens with two attached hydrogens (primary N) is 2. The van der Waals surface area contributed by atoms with Crippen molar-refractivity contribution in [2.45, 2.75) is 52.1 Å². The number of hydrogen-bond acceptors (Lipinski definition) is 4. The van der Waals surface area contributed by atoms with E-state index in [1.165, 1.54) is 5.56 Å². The molecule has 1 aliphatic rings. The third-order valence-electron chi connectivity index (χ3n) is 6.82. The van der Waals surface area contributed by atoms with Crippen molar-refractivity contribution in [1.82, 2.24) is 10.6 Å². The lowest BCUT2D eigenvalue weighted by Crippen LogP contribution is -2.23. The molecule has 5 nitrogen and oxygen atoms in total. The molecule has 0 fully saturated rings. The zero-order valence-corrected chi connectivity index (χ0v) is 24.1. The second-order valence-corrected chi connectivity index (χ2v) is 10.3. The van der Waals surface area contributed by atoms with Crippen LogP contribution < -0.4 is 22.1 Å². The van der Waals surface area contributed by atoms with Crippen LogP contribution in [0.2, 0.25) is 0 Å². The van der Waals surface area contributed by atoms with E-state index < -0.39 is 0 Å². The molecule has 0 aliphatic heterocycles. The van der Waals surface area contributed by atoms with Crippen molar-refractivity contribution < 1.29 is 4.79 Å². The number of carbonyl (C=O) groups is 1. The Hall–Kier alpha value is -4.29. The highest BCUT2D eigenvalue weighted by Gasteiger charge is 2.13. The molecule has 0 saturated heterocycles. The second kappa shape index (κ2) is 16.7. The Kier molecular flexibility index (Phi) is 12.7. The van der Waals surface area contributed by atoms with Crippen LogP contribution in [0, 0.1) is 29.1 Å². The highest BCUT2D eigenvalue weighted by molar-refractivity contribution is 5.76. The van der Waals surface area contributed by atoms with Gasteiger partial charge in [-0.2, -0.15) is 0 Å². The van der Waals surface area contributed by atoms with Crippen molar-refractivity contribution in [2.24, 2.45) is 16.9 Å². The molecule has 0 aromatic heterocycles. The van der Waals surface area contributed by atoms with E-state index in [1.807, 2.05) is 36.4 Å². The molecule has 5 heteroatoms. The number of carbonyl (C=O) groups excluding carboxylic acids is 1. The normalized spacial score (nSPS) is 17.3. The van der Waals surface area contributed by atoms with Crippen LogP contribution in [0.1, 0.15) is 48.4 Å². The van der Waals surface area contributed by atoms with Crippen LogP contribution in [0.4, 0.5) is 0 Å². The largest absolute Gasteiger partial charge is 0.378 e. The molecule has 212 valence electrons. The standard InChI is InChI=1S/C36H42N4O/c1-29(10-11-31-12-16-33(27-37)17-13-31)39-26-6-24-36(2)22-3-7-30(8-4-23-36)9-5-25-40-35(41)21-20-32-14-18-34(28-38)19-15-32/h3-4,7,12-19,22-23,39H,1,8,10-11,20-21,25-28,37-38H2,2H3,(H,40,41)/b22-3-,23-4-,30-7?. The van der Waals surface area contributed by atoms with Crippen LogP contribution in [0.15, 0.2) is 96.8 Å². The average molecular weight is 547 g/mol. The number of benzene rings is 2. The summed E-state index contributed by atoms with van der Waals surface area (Å²) in [4.78, 5) is 12.2. The monoisotopic (exact) mass is 546 g/mol. The van der Waals surface area contributed by atoms with Gasteiger partial charge in [0.05, 0.1) is 18.5 Å². The minimum absolute atomic E-state index is 0.00124. The quantitative estimate of drug-likeness (QED) is 0.240. The van der Waals surface area contributed by atoms with E-state index in [9.17, 15) is 4.79 Å². The van der Waals surface area contributed by atoms with Crippen molar-refractivity contribution in [2.75, 3.05) is 13.1 Å². The third-order valence-corrected chi connectivity index (χ3v) is 6.82. The van der Waals surface area contributed by atoms with E-state index >= 15 is 0 Å². The van der Waals surface area contributed by atoms with Gasteiger partial charge in [-0.25, -0.2) is 0 Å². The third kappa shape index (κ3) is 11.8. The van der Waals surface area contributed by atoms with E-state index in [2.05, 4.69) is 90.3 Å². The summed E-state index contributed by atoms with van der Waals surface area (Å²) in [5.41, 5.74) is 17.6. The minimum Gasteiger partial charge on any atom is -0.378 e. The number of aryl methyl sites for hydroxylation is 2. The summed E-state index contributed by atoms with van der Waals surface area (Å²) < 4.78 is 0. The maximum Gasteiger partial charge on any atom is 0.221 e. The topological polar surface area (TPSA) is 93.2 Å². The van der Waals surface area contributed by atoms with Crippen LogP contribution >= 0.6 is 0 Å². The van der Waals surface area contributed by atoms with Crippen LogP contribution in [0.25, 0.3) is 0 Å². The van der Waals surface area contributed by atoms with Crippen molar-refractivity contribution in [3.05, 3.63) is 119 Å². The lowest BCUT2D eigenvalue weighted by atomic mass is 9.88. The number of amides is 1. The van der Waals surface area contributed by atoms with Gasteiger partial charge in [-0.3, -0.25) is 4.79 Å². The van der Waals surface area contributed by atoms with Gasteiger partial charge >= 0.3 is 0 Å². The molecule has 0 radical (unpaired) electrons. The van der Waals surface area contributed by atoms with Crippen LogP contribution in [-0.4, -0.2) is 19.0 Å². The van der Waals surface area contributed by atoms with E-state index in [0.717, 1.165) is 47.2 Å². The van der Waals surface area contributed by atoms with Crippen LogP contribution in [0.3, 0.4) is 0 Å². The fraction of sp³-hybridized carbons (Fsp3) is 0.306. The van der Waals surface area contributed by atoms with E-state index in [1.54, 1.807) is 0 Å². The molecule has 2 aromatic rings. The number of allylic oxidation sites excluding steroid dienone is 7. The molecular formula is C36H42N4O. The van der Waals surface area contributed by atoms with Crippen molar-refractivity contribution in [3.63, 3.8) is 0 Å². The molecule has 41 heavy (non-hydrogen) atoms. The smallest absolute Gasteiger partial charge is 0.221 e. The van der Waals surface area contributed by atoms with Crippen molar-refractivity contribution in [3.8, 4) is 23.7 Å². The molecule has 0 saturated carbocycles. The second-order valence-electron chi connectivity index (χ2n) is 10.3. The Morgan fingerprint density at radius 2 is 1.44 bits per heavy atom. The summed E-state index contributed by atoms with van der Waals surface area (Å²) in [7, 11) is 0. The predicted octanol–water partition coefficient (Wildman–Crippen LogP) is 4.84. The Morgan fingerprint density at radius 3 is 2.07 bits per heavy atom. The van der Waals surface area contributed by atoms with Gasteiger partial charge in [0, 0.05) is 30.8 Å². The Labute approximate surface area is 245 Å². The fourth-order valence-corrected chi connectivity index (χ4v) is 4.21. The first-order valence-electron chi connectivity index (χ1n) is 14.2. The maximum absolute atomic E-state index is 12.2. The molecule has 1 amide bonds. The summed E-state index contributed by atoms with van der Waals surface area (Å²) in [6.45, 7) is 8.21. The highest BCUT2D eigenvalue weighted by atomic mass is 16.1. The van der Waals surface area contributed by atoms with Gasteiger partial charge in [0.1, 0.15) is 0 Å². The fourth-order valence-electron chi connectivity index (χ4n) is 4.21. The van der Waals surface area contributed by atoms with Crippen LogP contribution in [0.5, 0.6) is 0 Å². The molecule has 0 heterocycles. The lowest BCUT2D eigenvalue weighted by Gasteiger charge is -2.15. The molecular weight excluding hydrogens is 504 g/mol. The first-order valence-corrected chi connectivity index (χ1v) is 14.2. The molecule has 6 N–H and O–H groups in total. The van der Waals surface area contributed by atoms with Gasteiger partial charge in [-0.15, -0.1) is 0 Å². The summed E-state index contributed by atoms with van der Waals surface area (Å²) >= 11 is 0. The van der Waals surface area contributed by atoms with Gasteiger partial charge in [-0.1, -0.05) is 109 Å². The molecule has 0 bridgehead atoms. The average Bonchev–Trinajstić information content (AvgIpc) is 2.98. The van der Waals surface area contributed by atoms with Crippen molar-refractivity contribution >= 4 is 5.91 Å². The Morgan fingerprint density at radius 1 is 0.854 bits per heavy atom. The van der Waals surface area contributed by atoms with E-state index in [0.29, 0.717) is 39.0 Å². The predicted molar refractivity (Wildman–Crippen MR) is 170 cm³/mol. The number of nitrogens with one attached hydrogen (secondary N) is 2. The number of hydrogen-bond donors (Lipinski definition) is 4. The first kappa shape index (κ1) is 31.2. The van der Waals surface area contributed by atoms with Gasteiger partial charge < -0.3 is 22.1 Å². The molecule has 1 atom stereocenters. The molecule has 0 spiro atoms. The lowest BCUT2D eigenvalue weighted by molar-refractivity contribution is -0.120. The van der Waals surface area contributed by atoms with Gasteiger partial charge in [0.25, 0.3) is 0 Å². The van der Waals surface area contributed by atoms with Gasteiger partial charge in [0.2, 0.25) is 5.91 Å². The molecule has 2 aromatic carbocycles. The summed E-state index contributed by atoms with van der Waals surface area (Å²) in [6.07, 6.45) is 14.0. The van der Waals surface area contributed by atoms with Gasteiger partial charge in [0.15, 0.2) is 0 Å². The zero-order valence-electron chi connectivity index (χ0n) is 24.1. The van der Waals surface area contributed by atoms with E-state index in [4.69, 9.17) is 11.5 Å².